The minimum atomic E-state index is -0.212. The largest absolute Gasteiger partial charge is 0.496 e. The van der Waals surface area contributed by atoms with Crippen LogP contribution >= 0.6 is 0 Å². The SMILES string of the molecule is COc1ccc(C)cc1CNc1ccc(F)cc1C. The van der Waals surface area contributed by atoms with E-state index in [4.69, 9.17) is 4.74 Å². The van der Waals surface area contributed by atoms with Crippen molar-refractivity contribution in [2.75, 3.05) is 12.4 Å². The van der Waals surface area contributed by atoms with Gasteiger partial charge >= 0.3 is 0 Å². The fourth-order valence-electron chi connectivity index (χ4n) is 2.06. The van der Waals surface area contributed by atoms with Crippen molar-refractivity contribution >= 4 is 5.69 Å². The molecule has 0 aromatic heterocycles. The van der Waals surface area contributed by atoms with Gasteiger partial charge in [0.15, 0.2) is 0 Å². The summed E-state index contributed by atoms with van der Waals surface area (Å²) in [5.41, 5.74) is 4.11. The van der Waals surface area contributed by atoms with Gasteiger partial charge in [-0.3, -0.25) is 0 Å². The lowest BCUT2D eigenvalue weighted by Gasteiger charge is -2.13. The lowest BCUT2D eigenvalue weighted by Crippen LogP contribution is -2.03. The van der Waals surface area contributed by atoms with Gasteiger partial charge in [0.25, 0.3) is 0 Å². The number of methoxy groups -OCH3 is 1. The molecule has 0 aliphatic carbocycles. The van der Waals surface area contributed by atoms with Crippen LogP contribution in [0.3, 0.4) is 0 Å². The highest BCUT2D eigenvalue weighted by Gasteiger charge is 2.04. The topological polar surface area (TPSA) is 21.3 Å². The first-order valence-electron chi connectivity index (χ1n) is 6.23. The number of benzene rings is 2. The Labute approximate surface area is 113 Å². The molecule has 3 heteroatoms. The van der Waals surface area contributed by atoms with Crippen molar-refractivity contribution < 1.29 is 9.13 Å². The van der Waals surface area contributed by atoms with Crippen molar-refractivity contribution in [3.05, 3.63) is 58.9 Å². The third-order valence-electron chi connectivity index (χ3n) is 3.09. The summed E-state index contributed by atoms with van der Waals surface area (Å²) < 4.78 is 18.4. The van der Waals surface area contributed by atoms with Crippen LogP contribution in [0.1, 0.15) is 16.7 Å². The Kier molecular flexibility index (Phi) is 4.05. The summed E-state index contributed by atoms with van der Waals surface area (Å²) in [6.07, 6.45) is 0. The van der Waals surface area contributed by atoms with E-state index in [1.807, 2.05) is 26.0 Å². The number of rotatable bonds is 4. The summed E-state index contributed by atoms with van der Waals surface area (Å²) in [5.74, 6) is 0.647. The summed E-state index contributed by atoms with van der Waals surface area (Å²) in [4.78, 5) is 0. The van der Waals surface area contributed by atoms with Gasteiger partial charge in [0, 0.05) is 17.8 Å². The normalized spacial score (nSPS) is 10.3. The molecule has 0 spiro atoms. The Morgan fingerprint density at radius 2 is 1.89 bits per heavy atom. The maximum atomic E-state index is 13.0. The molecule has 0 bridgehead atoms. The van der Waals surface area contributed by atoms with Crippen LogP contribution in [0.25, 0.3) is 0 Å². The van der Waals surface area contributed by atoms with Crippen molar-refractivity contribution in [3.8, 4) is 5.75 Å². The van der Waals surface area contributed by atoms with E-state index in [1.54, 1.807) is 13.2 Å². The molecule has 0 aliphatic rings. The molecule has 2 nitrogen and oxygen atoms in total. The van der Waals surface area contributed by atoms with E-state index in [0.29, 0.717) is 6.54 Å². The first kappa shape index (κ1) is 13.4. The second kappa shape index (κ2) is 5.74. The van der Waals surface area contributed by atoms with Gasteiger partial charge in [-0.15, -0.1) is 0 Å². The van der Waals surface area contributed by atoms with E-state index in [2.05, 4.69) is 11.4 Å². The Bertz CT molecular complexity index is 581. The van der Waals surface area contributed by atoms with Gasteiger partial charge in [-0.05, 0) is 43.7 Å². The number of aryl methyl sites for hydroxylation is 2. The van der Waals surface area contributed by atoms with Gasteiger partial charge in [0.2, 0.25) is 0 Å². The Morgan fingerprint density at radius 3 is 2.58 bits per heavy atom. The average molecular weight is 259 g/mol. The predicted molar refractivity (Wildman–Crippen MR) is 76.2 cm³/mol. The zero-order valence-electron chi connectivity index (χ0n) is 11.5. The van der Waals surface area contributed by atoms with Crippen LogP contribution in [0, 0.1) is 19.7 Å². The van der Waals surface area contributed by atoms with Gasteiger partial charge in [-0.2, -0.15) is 0 Å². The minimum absolute atomic E-state index is 0.212. The maximum Gasteiger partial charge on any atom is 0.123 e. The molecular weight excluding hydrogens is 241 g/mol. The zero-order valence-corrected chi connectivity index (χ0v) is 11.5. The van der Waals surface area contributed by atoms with E-state index in [0.717, 1.165) is 22.6 Å². The summed E-state index contributed by atoms with van der Waals surface area (Å²) in [6.45, 7) is 4.59. The van der Waals surface area contributed by atoms with Crippen molar-refractivity contribution in [2.24, 2.45) is 0 Å². The number of halogens is 1. The van der Waals surface area contributed by atoms with Crippen molar-refractivity contribution in [2.45, 2.75) is 20.4 Å². The van der Waals surface area contributed by atoms with Crippen molar-refractivity contribution in [1.82, 2.24) is 0 Å². The summed E-state index contributed by atoms with van der Waals surface area (Å²) in [5, 5.41) is 3.31. The highest BCUT2D eigenvalue weighted by atomic mass is 19.1. The molecule has 0 unspecified atom stereocenters. The third kappa shape index (κ3) is 3.25. The molecular formula is C16H18FNO. The minimum Gasteiger partial charge on any atom is -0.496 e. The highest BCUT2D eigenvalue weighted by Crippen LogP contribution is 2.22. The van der Waals surface area contributed by atoms with E-state index < -0.39 is 0 Å². The van der Waals surface area contributed by atoms with Crippen LogP contribution in [0.5, 0.6) is 5.75 Å². The van der Waals surface area contributed by atoms with Crippen molar-refractivity contribution in [3.63, 3.8) is 0 Å². The fraction of sp³-hybridized carbons (Fsp3) is 0.250. The molecule has 0 amide bonds. The van der Waals surface area contributed by atoms with Gasteiger partial charge in [-0.25, -0.2) is 4.39 Å². The highest BCUT2D eigenvalue weighted by molar-refractivity contribution is 5.51. The van der Waals surface area contributed by atoms with E-state index in [-0.39, 0.29) is 5.82 Å². The number of nitrogens with one attached hydrogen (secondary N) is 1. The third-order valence-corrected chi connectivity index (χ3v) is 3.09. The van der Waals surface area contributed by atoms with E-state index in [9.17, 15) is 4.39 Å². The quantitative estimate of drug-likeness (QED) is 0.894. The smallest absolute Gasteiger partial charge is 0.123 e. The molecule has 0 saturated carbocycles. The average Bonchev–Trinajstić information content (AvgIpc) is 2.38. The molecule has 0 heterocycles. The second-order valence-electron chi connectivity index (χ2n) is 4.63. The summed E-state index contributed by atoms with van der Waals surface area (Å²) in [7, 11) is 1.66. The van der Waals surface area contributed by atoms with Crippen LogP contribution in [-0.4, -0.2) is 7.11 Å². The van der Waals surface area contributed by atoms with E-state index >= 15 is 0 Å². The van der Waals surface area contributed by atoms with Crippen molar-refractivity contribution in [1.29, 1.82) is 0 Å². The number of anilines is 1. The lowest BCUT2D eigenvalue weighted by molar-refractivity contribution is 0.410. The van der Waals surface area contributed by atoms with Crippen LogP contribution in [0.4, 0.5) is 10.1 Å². The van der Waals surface area contributed by atoms with Gasteiger partial charge in [0.05, 0.1) is 7.11 Å². The summed E-state index contributed by atoms with van der Waals surface area (Å²) >= 11 is 0. The molecule has 0 fully saturated rings. The van der Waals surface area contributed by atoms with E-state index in [1.165, 1.54) is 17.7 Å². The van der Waals surface area contributed by atoms with Crippen LogP contribution in [0.2, 0.25) is 0 Å². The molecule has 0 saturated heterocycles. The number of hydrogen-bond donors (Lipinski definition) is 1. The first-order chi connectivity index (χ1) is 9.10. The predicted octanol–water partition coefficient (Wildman–Crippen LogP) is 4.06. The van der Waals surface area contributed by atoms with Gasteiger partial charge < -0.3 is 10.1 Å². The molecule has 100 valence electrons. The molecule has 0 atom stereocenters. The molecule has 2 aromatic rings. The van der Waals surface area contributed by atoms with Crippen LogP contribution in [-0.2, 0) is 6.54 Å². The molecule has 2 rings (SSSR count). The zero-order chi connectivity index (χ0) is 13.8. The first-order valence-corrected chi connectivity index (χ1v) is 6.23. The molecule has 2 aromatic carbocycles. The lowest BCUT2D eigenvalue weighted by atomic mass is 10.1. The number of ether oxygens (including phenoxy) is 1. The number of hydrogen-bond acceptors (Lipinski definition) is 2. The monoisotopic (exact) mass is 259 g/mol. The molecule has 1 N–H and O–H groups in total. The maximum absolute atomic E-state index is 13.0. The van der Waals surface area contributed by atoms with Gasteiger partial charge in [-0.1, -0.05) is 17.7 Å². The Hall–Kier alpha value is -2.03. The molecule has 0 radical (unpaired) electrons. The second-order valence-corrected chi connectivity index (χ2v) is 4.63. The standard InChI is InChI=1S/C16H18FNO/c1-11-4-7-16(19-3)13(8-11)10-18-15-6-5-14(17)9-12(15)2/h4-9,18H,10H2,1-3H3. The van der Waals surface area contributed by atoms with Gasteiger partial charge in [0.1, 0.15) is 11.6 Å². The van der Waals surface area contributed by atoms with Crippen LogP contribution in [0.15, 0.2) is 36.4 Å². The fourth-order valence-corrected chi connectivity index (χ4v) is 2.06. The Balaban J connectivity index is 2.16. The molecule has 19 heavy (non-hydrogen) atoms. The van der Waals surface area contributed by atoms with Crippen LogP contribution < -0.4 is 10.1 Å². The Morgan fingerprint density at radius 1 is 1.11 bits per heavy atom. The summed E-state index contributed by atoms with van der Waals surface area (Å²) in [6, 6.07) is 10.8. The molecule has 0 aliphatic heterocycles.